The third kappa shape index (κ3) is 5.28. The monoisotopic (exact) mass is 345 g/mol. The molecule has 0 atom stereocenters. The molecule has 0 spiro atoms. The maximum atomic E-state index is 13.9. The Kier molecular flexibility index (Phi) is 5.28. The van der Waals surface area contributed by atoms with Gasteiger partial charge in [0.25, 0.3) is 0 Å². The molecule has 1 aromatic carbocycles. The molecule has 2 rings (SSSR count). The number of aromatic amines is 1. The van der Waals surface area contributed by atoms with Gasteiger partial charge in [-0.15, -0.1) is 10.2 Å². The van der Waals surface area contributed by atoms with Crippen molar-refractivity contribution in [3.8, 4) is 6.07 Å². The maximum absolute atomic E-state index is 13.9. The van der Waals surface area contributed by atoms with E-state index in [2.05, 4.69) is 31.3 Å². The van der Waals surface area contributed by atoms with Gasteiger partial charge in [0.05, 0.1) is 5.69 Å². The average Bonchev–Trinajstić information content (AvgIpc) is 3.03. The van der Waals surface area contributed by atoms with Crippen LogP contribution in [0, 0.1) is 17.1 Å². The van der Waals surface area contributed by atoms with Crippen LogP contribution in [0.3, 0.4) is 0 Å². The smallest absolute Gasteiger partial charge is 0.412 e. The lowest BCUT2D eigenvalue weighted by atomic mass is 10.2. The van der Waals surface area contributed by atoms with Crippen molar-refractivity contribution < 1.29 is 13.9 Å². The van der Waals surface area contributed by atoms with Gasteiger partial charge in [-0.1, -0.05) is 0 Å². The van der Waals surface area contributed by atoms with Gasteiger partial charge in [0, 0.05) is 11.9 Å². The highest BCUT2D eigenvalue weighted by molar-refractivity contribution is 5.86. The number of ether oxygens (including phenoxy) is 1. The van der Waals surface area contributed by atoms with E-state index in [-0.39, 0.29) is 17.1 Å². The number of carbonyl (C=O) groups is 1. The maximum Gasteiger partial charge on any atom is 0.412 e. The Bertz CT molecular complexity index is 819. The van der Waals surface area contributed by atoms with Crippen molar-refractivity contribution >= 4 is 23.0 Å². The molecule has 10 heteroatoms. The molecule has 0 aliphatic carbocycles. The molecule has 130 valence electrons. The first-order chi connectivity index (χ1) is 11.8. The van der Waals surface area contributed by atoms with Crippen LogP contribution in [0.4, 0.5) is 20.6 Å². The number of halogens is 1. The SMILES string of the molecule is CC(C)(C)OC(=O)Nc1cc(NC=C(C#N)c2nn[nH]n2)ccc1F. The van der Waals surface area contributed by atoms with Crippen molar-refractivity contribution in [3.63, 3.8) is 0 Å². The summed E-state index contributed by atoms with van der Waals surface area (Å²) < 4.78 is 18.9. The molecule has 3 N–H and O–H groups in total. The lowest BCUT2D eigenvalue weighted by Crippen LogP contribution is -2.27. The summed E-state index contributed by atoms with van der Waals surface area (Å²) in [6.07, 6.45) is 0.568. The number of anilines is 2. The Morgan fingerprint density at radius 3 is 2.80 bits per heavy atom. The van der Waals surface area contributed by atoms with Crippen LogP contribution >= 0.6 is 0 Å². The summed E-state index contributed by atoms with van der Waals surface area (Å²) in [5, 5.41) is 27.2. The molecule has 0 unspecified atom stereocenters. The summed E-state index contributed by atoms with van der Waals surface area (Å²) >= 11 is 0. The van der Waals surface area contributed by atoms with E-state index in [4.69, 9.17) is 10.00 Å². The van der Waals surface area contributed by atoms with Crippen LogP contribution in [0.1, 0.15) is 26.6 Å². The van der Waals surface area contributed by atoms with Crippen LogP contribution in [0.25, 0.3) is 5.57 Å². The number of nitrogens with one attached hydrogen (secondary N) is 3. The van der Waals surface area contributed by atoms with E-state index in [9.17, 15) is 9.18 Å². The van der Waals surface area contributed by atoms with E-state index >= 15 is 0 Å². The van der Waals surface area contributed by atoms with Crippen LogP contribution in [0.2, 0.25) is 0 Å². The molecule has 0 saturated carbocycles. The third-order valence-corrected chi connectivity index (χ3v) is 2.69. The third-order valence-electron chi connectivity index (χ3n) is 2.69. The number of aromatic nitrogens is 4. The zero-order valence-corrected chi connectivity index (χ0v) is 13.8. The molecule has 9 nitrogen and oxygen atoms in total. The molecule has 0 bridgehead atoms. The minimum Gasteiger partial charge on any atom is -0.444 e. The number of nitriles is 1. The van der Waals surface area contributed by atoms with Crippen LogP contribution in [-0.4, -0.2) is 32.3 Å². The number of carbonyl (C=O) groups excluding carboxylic acids is 1. The molecular weight excluding hydrogens is 329 g/mol. The first kappa shape index (κ1) is 17.9. The van der Waals surface area contributed by atoms with Crippen LogP contribution in [0.15, 0.2) is 24.4 Å². The normalized spacial score (nSPS) is 11.6. The Balaban J connectivity index is 2.13. The van der Waals surface area contributed by atoms with Crippen LogP contribution < -0.4 is 10.6 Å². The molecule has 0 radical (unpaired) electrons. The lowest BCUT2D eigenvalue weighted by molar-refractivity contribution is 0.0635. The summed E-state index contributed by atoms with van der Waals surface area (Å²) in [6, 6.07) is 5.88. The van der Waals surface area contributed by atoms with Crippen molar-refractivity contribution in [2.45, 2.75) is 26.4 Å². The molecule has 1 heterocycles. The summed E-state index contributed by atoms with van der Waals surface area (Å²) in [5.41, 5.74) is -0.208. The molecule has 2 aromatic rings. The highest BCUT2D eigenvalue weighted by Crippen LogP contribution is 2.21. The number of hydrogen-bond acceptors (Lipinski definition) is 7. The van der Waals surface area contributed by atoms with Gasteiger partial charge < -0.3 is 10.1 Å². The van der Waals surface area contributed by atoms with E-state index in [1.165, 1.54) is 24.4 Å². The zero-order chi connectivity index (χ0) is 18.4. The van der Waals surface area contributed by atoms with E-state index in [0.29, 0.717) is 5.69 Å². The number of rotatable bonds is 4. The molecule has 0 fully saturated rings. The Hall–Kier alpha value is -3.48. The Labute approximate surface area is 142 Å². The fraction of sp³-hybridized carbons (Fsp3) is 0.267. The second-order valence-corrected chi connectivity index (χ2v) is 5.87. The van der Waals surface area contributed by atoms with Crippen LogP contribution in [0.5, 0.6) is 0 Å². The fourth-order valence-corrected chi connectivity index (χ4v) is 1.70. The minimum absolute atomic E-state index is 0.0641. The number of allylic oxidation sites excluding steroid dienone is 1. The number of amides is 1. The second kappa shape index (κ2) is 7.39. The Morgan fingerprint density at radius 2 is 2.20 bits per heavy atom. The minimum atomic E-state index is -0.774. The summed E-state index contributed by atoms with van der Waals surface area (Å²) in [6.45, 7) is 5.10. The van der Waals surface area contributed by atoms with Crippen molar-refractivity contribution in [2.24, 2.45) is 0 Å². The quantitative estimate of drug-likeness (QED) is 0.726. The molecule has 0 aliphatic rings. The topological polar surface area (TPSA) is 129 Å². The molecule has 0 aliphatic heterocycles. The van der Waals surface area contributed by atoms with E-state index < -0.39 is 17.5 Å². The van der Waals surface area contributed by atoms with Gasteiger partial charge in [-0.3, -0.25) is 5.32 Å². The van der Waals surface area contributed by atoms with E-state index in [0.717, 1.165) is 0 Å². The molecule has 25 heavy (non-hydrogen) atoms. The standard InChI is InChI=1S/C15H16FN7O2/c1-15(2,3)25-14(24)19-12-6-10(4-5-11(12)16)18-8-9(7-17)13-20-22-23-21-13/h4-6,8,18H,1-3H3,(H,19,24)(H,20,21,22,23). The lowest BCUT2D eigenvalue weighted by Gasteiger charge is -2.20. The molecular formula is C15H16FN7O2. The summed E-state index contributed by atoms with van der Waals surface area (Å²) in [4.78, 5) is 11.8. The van der Waals surface area contributed by atoms with Gasteiger partial charge >= 0.3 is 6.09 Å². The summed E-state index contributed by atoms with van der Waals surface area (Å²) in [5.74, 6) is -0.511. The predicted molar refractivity (Wildman–Crippen MR) is 87.6 cm³/mol. The fourth-order valence-electron chi connectivity index (χ4n) is 1.70. The zero-order valence-electron chi connectivity index (χ0n) is 13.8. The van der Waals surface area contributed by atoms with Gasteiger partial charge in [-0.05, 0) is 44.2 Å². The van der Waals surface area contributed by atoms with Crippen molar-refractivity contribution in [2.75, 3.05) is 10.6 Å². The van der Waals surface area contributed by atoms with E-state index in [1.807, 2.05) is 6.07 Å². The van der Waals surface area contributed by atoms with E-state index in [1.54, 1.807) is 20.8 Å². The van der Waals surface area contributed by atoms with Crippen molar-refractivity contribution in [1.82, 2.24) is 20.6 Å². The highest BCUT2D eigenvalue weighted by Gasteiger charge is 2.17. The largest absolute Gasteiger partial charge is 0.444 e. The second-order valence-electron chi connectivity index (χ2n) is 5.87. The Morgan fingerprint density at radius 1 is 1.44 bits per heavy atom. The number of hydrogen-bond donors (Lipinski definition) is 3. The van der Waals surface area contributed by atoms with Crippen molar-refractivity contribution in [3.05, 3.63) is 36.0 Å². The van der Waals surface area contributed by atoms with Gasteiger partial charge in [0.15, 0.2) is 0 Å². The number of H-pyrrole nitrogens is 1. The molecule has 0 saturated heterocycles. The van der Waals surface area contributed by atoms with Gasteiger partial charge in [-0.2, -0.15) is 10.5 Å². The first-order valence-corrected chi connectivity index (χ1v) is 7.18. The number of tetrazole rings is 1. The highest BCUT2D eigenvalue weighted by atomic mass is 19.1. The van der Waals surface area contributed by atoms with Gasteiger partial charge in [-0.25, -0.2) is 9.18 Å². The summed E-state index contributed by atoms with van der Waals surface area (Å²) in [7, 11) is 0. The number of benzene rings is 1. The van der Waals surface area contributed by atoms with Crippen LogP contribution in [-0.2, 0) is 4.74 Å². The molecule has 1 aromatic heterocycles. The first-order valence-electron chi connectivity index (χ1n) is 7.18. The number of nitrogens with zero attached hydrogens (tertiary/aromatic N) is 4. The van der Waals surface area contributed by atoms with Crippen molar-refractivity contribution in [1.29, 1.82) is 5.26 Å². The molecule has 1 amide bonds. The van der Waals surface area contributed by atoms with Gasteiger partial charge in [0.2, 0.25) is 5.82 Å². The average molecular weight is 345 g/mol. The van der Waals surface area contributed by atoms with Gasteiger partial charge in [0.1, 0.15) is 23.1 Å². The predicted octanol–water partition coefficient (Wildman–Crippen LogP) is 2.66.